The summed E-state index contributed by atoms with van der Waals surface area (Å²) in [5, 5.41) is 5.78. The van der Waals surface area contributed by atoms with Gasteiger partial charge in [0.25, 0.3) is 0 Å². The summed E-state index contributed by atoms with van der Waals surface area (Å²) in [6, 6.07) is 4.63. The van der Waals surface area contributed by atoms with Crippen molar-refractivity contribution in [2.24, 2.45) is 0 Å². The SMILES string of the molecule is Cc1ccsc1CN1CCC(Nc2ccnc(N3CCOCC3)n2)C1. The predicted octanol–water partition coefficient (Wildman–Crippen LogP) is 2.37. The van der Waals surface area contributed by atoms with Crippen LogP contribution in [0.3, 0.4) is 0 Å². The maximum Gasteiger partial charge on any atom is 0.227 e. The van der Waals surface area contributed by atoms with Crippen LogP contribution in [-0.2, 0) is 11.3 Å². The molecule has 1 atom stereocenters. The van der Waals surface area contributed by atoms with Crippen molar-refractivity contribution in [3.05, 3.63) is 34.2 Å². The molecule has 0 bridgehead atoms. The van der Waals surface area contributed by atoms with E-state index in [9.17, 15) is 0 Å². The van der Waals surface area contributed by atoms with Crippen LogP contribution in [0.5, 0.6) is 0 Å². The van der Waals surface area contributed by atoms with Gasteiger partial charge in [-0.15, -0.1) is 11.3 Å². The Kier molecular flexibility index (Phi) is 5.14. The summed E-state index contributed by atoms with van der Waals surface area (Å²) in [5.41, 5.74) is 1.41. The van der Waals surface area contributed by atoms with Crippen LogP contribution in [0.25, 0.3) is 0 Å². The third kappa shape index (κ3) is 4.11. The predicted molar refractivity (Wildman–Crippen MR) is 101 cm³/mol. The minimum Gasteiger partial charge on any atom is -0.378 e. The first-order valence-corrected chi connectivity index (χ1v) is 9.83. The maximum absolute atomic E-state index is 5.40. The van der Waals surface area contributed by atoms with E-state index in [1.807, 2.05) is 23.6 Å². The molecule has 2 fully saturated rings. The second-order valence-corrected chi connectivity index (χ2v) is 7.73. The molecule has 2 aliphatic rings. The molecule has 0 aliphatic carbocycles. The van der Waals surface area contributed by atoms with Crippen molar-refractivity contribution in [3.8, 4) is 0 Å². The van der Waals surface area contributed by atoms with Crippen LogP contribution in [0.15, 0.2) is 23.7 Å². The fourth-order valence-corrected chi connectivity index (χ4v) is 4.36. The molecule has 0 aromatic carbocycles. The van der Waals surface area contributed by atoms with Gasteiger partial charge in [-0.25, -0.2) is 4.98 Å². The molecule has 1 N–H and O–H groups in total. The van der Waals surface area contributed by atoms with Crippen LogP contribution in [0.1, 0.15) is 16.9 Å². The van der Waals surface area contributed by atoms with Gasteiger partial charge in [0.15, 0.2) is 0 Å². The molecule has 2 aliphatic heterocycles. The molecule has 0 radical (unpaired) electrons. The molecule has 25 heavy (non-hydrogen) atoms. The van der Waals surface area contributed by atoms with Gasteiger partial charge < -0.3 is 15.0 Å². The van der Waals surface area contributed by atoms with Crippen LogP contribution in [0, 0.1) is 6.92 Å². The van der Waals surface area contributed by atoms with E-state index >= 15 is 0 Å². The summed E-state index contributed by atoms with van der Waals surface area (Å²) in [5.74, 6) is 1.73. The van der Waals surface area contributed by atoms with Gasteiger partial charge in [0.2, 0.25) is 5.95 Å². The van der Waals surface area contributed by atoms with E-state index in [0.29, 0.717) is 6.04 Å². The molecule has 4 heterocycles. The Bertz CT molecular complexity index is 700. The van der Waals surface area contributed by atoms with Gasteiger partial charge in [-0.05, 0) is 36.4 Å². The monoisotopic (exact) mass is 359 g/mol. The molecule has 1 unspecified atom stereocenters. The van der Waals surface area contributed by atoms with Crippen LogP contribution in [0.2, 0.25) is 0 Å². The number of morpholine rings is 1. The lowest BCUT2D eigenvalue weighted by atomic mass is 10.2. The normalized spacial score (nSPS) is 21.6. The van der Waals surface area contributed by atoms with Crippen LogP contribution >= 0.6 is 11.3 Å². The number of hydrogen-bond donors (Lipinski definition) is 1. The van der Waals surface area contributed by atoms with Crippen molar-refractivity contribution in [1.29, 1.82) is 0 Å². The molecule has 4 rings (SSSR count). The summed E-state index contributed by atoms with van der Waals surface area (Å²) < 4.78 is 5.40. The second-order valence-electron chi connectivity index (χ2n) is 6.73. The van der Waals surface area contributed by atoms with Crippen molar-refractivity contribution in [2.75, 3.05) is 49.6 Å². The van der Waals surface area contributed by atoms with Gasteiger partial charge in [0.1, 0.15) is 5.82 Å². The number of thiophene rings is 1. The zero-order valence-electron chi connectivity index (χ0n) is 14.6. The van der Waals surface area contributed by atoms with E-state index in [4.69, 9.17) is 9.72 Å². The Labute approximate surface area is 152 Å². The third-order valence-corrected chi connectivity index (χ3v) is 5.90. The Morgan fingerprint density at radius 3 is 2.96 bits per heavy atom. The minimum absolute atomic E-state index is 0.452. The number of nitrogens with one attached hydrogen (secondary N) is 1. The number of rotatable bonds is 5. The molecule has 0 saturated carbocycles. The first-order valence-electron chi connectivity index (χ1n) is 8.95. The number of hydrogen-bond acceptors (Lipinski definition) is 7. The van der Waals surface area contributed by atoms with Gasteiger partial charge >= 0.3 is 0 Å². The van der Waals surface area contributed by atoms with E-state index < -0.39 is 0 Å². The summed E-state index contributed by atoms with van der Waals surface area (Å²) >= 11 is 1.86. The summed E-state index contributed by atoms with van der Waals surface area (Å²) in [4.78, 5) is 15.3. The number of anilines is 2. The lowest BCUT2D eigenvalue weighted by Gasteiger charge is -2.27. The molecular weight excluding hydrogens is 334 g/mol. The molecule has 0 amide bonds. The first kappa shape index (κ1) is 16.8. The highest BCUT2D eigenvalue weighted by Crippen LogP contribution is 2.22. The highest BCUT2D eigenvalue weighted by molar-refractivity contribution is 7.10. The first-order chi connectivity index (χ1) is 12.3. The molecule has 2 saturated heterocycles. The molecule has 134 valence electrons. The standard InChI is InChI=1S/C18H25N5OS/c1-14-4-11-25-16(14)13-22-6-3-15(12-22)20-17-2-5-19-18(21-17)23-7-9-24-10-8-23/h2,4-5,11,15H,3,6-10,12-13H2,1H3,(H,19,20,21). The number of ether oxygens (including phenoxy) is 1. The Morgan fingerprint density at radius 2 is 2.16 bits per heavy atom. The average Bonchev–Trinajstić information content (AvgIpc) is 3.26. The fraction of sp³-hybridized carbons (Fsp3) is 0.556. The van der Waals surface area contributed by atoms with E-state index in [1.165, 1.54) is 10.4 Å². The topological polar surface area (TPSA) is 53.5 Å². The number of nitrogens with zero attached hydrogens (tertiary/aromatic N) is 4. The highest BCUT2D eigenvalue weighted by atomic mass is 32.1. The van der Waals surface area contributed by atoms with Crippen LogP contribution < -0.4 is 10.2 Å². The lowest BCUT2D eigenvalue weighted by Crippen LogP contribution is -2.37. The average molecular weight is 359 g/mol. The van der Waals surface area contributed by atoms with Crippen molar-refractivity contribution >= 4 is 23.1 Å². The summed E-state index contributed by atoms with van der Waals surface area (Å²) in [7, 11) is 0. The zero-order valence-corrected chi connectivity index (χ0v) is 15.5. The maximum atomic E-state index is 5.40. The van der Waals surface area contributed by atoms with E-state index in [1.54, 1.807) is 0 Å². The summed E-state index contributed by atoms with van der Waals surface area (Å²) in [6.45, 7) is 8.68. The molecule has 0 spiro atoms. The zero-order chi connectivity index (χ0) is 17.1. The lowest BCUT2D eigenvalue weighted by molar-refractivity contribution is 0.122. The van der Waals surface area contributed by atoms with Crippen molar-refractivity contribution in [1.82, 2.24) is 14.9 Å². The van der Waals surface area contributed by atoms with E-state index in [-0.39, 0.29) is 0 Å². The molecular formula is C18H25N5OS. The van der Waals surface area contributed by atoms with Gasteiger partial charge in [0, 0.05) is 49.8 Å². The Morgan fingerprint density at radius 1 is 1.28 bits per heavy atom. The van der Waals surface area contributed by atoms with Crippen LogP contribution in [-0.4, -0.2) is 60.3 Å². The molecule has 7 heteroatoms. The van der Waals surface area contributed by atoms with E-state index in [0.717, 1.165) is 64.1 Å². The van der Waals surface area contributed by atoms with Crippen molar-refractivity contribution < 1.29 is 4.74 Å². The summed E-state index contributed by atoms with van der Waals surface area (Å²) in [6.07, 6.45) is 3.00. The Hall–Kier alpha value is -1.70. The van der Waals surface area contributed by atoms with Crippen LogP contribution in [0.4, 0.5) is 11.8 Å². The van der Waals surface area contributed by atoms with Gasteiger partial charge in [0.05, 0.1) is 13.2 Å². The van der Waals surface area contributed by atoms with Gasteiger partial charge in [-0.1, -0.05) is 0 Å². The number of aromatic nitrogens is 2. The quantitative estimate of drug-likeness (QED) is 0.885. The van der Waals surface area contributed by atoms with Crippen molar-refractivity contribution in [2.45, 2.75) is 25.9 Å². The minimum atomic E-state index is 0.452. The largest absolute Gasteiger partial charge is 0.378 e. The highest BCUT2D eigenvalue weighted by Gasteiger charge is 2.23. The fourth-order valence-electron chi connectivity index (χ4n) is 3.42. The molecule has 2 aromatic heterocycles. The Balaban J connectivity index is 1.34. The molecule has 6 nitrogen and oxygen atoms in total. The van der Waals surface area contributed by atoms with Crippen molar-refractivity contribution in [3.63, 3.8) is 0 Å². The number of aryl methyl sites for hydroxylation is 1. The smallest absolute Gasteiger partial charge is 0.227 e. The molecule has 2 aromatic rings. The van der Waals surface area contributed by atoms with Gasteiger partial charge in [-0.2, -0.15) is 4.98 Å². The number of likely N-dealkylation sites (tertiary alicyclic amines) is 1. The van der Waals surface area contributed by atoms with E-state index in [2.05, 4.69) is 38.5 Å². The second kappa shape index (κ2) is 7.68. The van der Waals surface area contributed by atoms with Gasteiger partial charge in [-0.3, -0.25) is 4.90 Å². The third-order valence-electron chi connectivity index (χ3n) is 4.90.